The highest BCUT2D eigenvalue weighted by Crippen LogP contribution is 2.17. The summed E-state index contributed by atoms with van der Waals surface area (Å²) < 4.78 is 0. The topological polar surface area (TPSA) is 37.0 Å². The summed E-state index contributed by atoms with van der Waals surface area (Å²) in [5.41, 5.74) is 0.907. The van der Waals surface area contributed by atoms with Gasteiger partial charge in [-0.25, -0.2) is 4.98 Å². The van der Waals surface area contributed by atoms with Crippen LogP contribution in [0.2, 0.25) is 5.02 Å². The van der Waals surface area contributed by atoms with Crippen LogP contribution in [0, 0.1) is 5.92 Å². The molecule has 0 atom stereocenters. The molecule has 0 spiro atoms. The molecule has 0 saturated carbocycles. The molecule has 0 unspecified atom stereocenters. The van der Waals surface area contributed by atoms with Gasteiger partial charge in [0.15, 0.2) is 0 Å². The molecular weight excluding hydrogens is 258 g/mol. The molecule has 1 heterocycles. The lowest BCUT2D eigenvalue weighted by Crippen LogP contribution is -2.23. The first-order valence-corrected chi connectivity index (χ1v) is 7.57. The number of anilines is 1. The minimum absolute atomic E-state index is 0.430. The maximum Gasteiger partial charge on any atom is 0.126 e. The Bertz CT molecular complexity index is 376. The largest absolute Gasteiger partial charge is 0.370 e. The van der Waals surface area contributed by atoms with Crippen LogP contribution in [0.1, 0.15) is 46.2 Å². The summed E-state index contributed by atoms with van der Waals surface area (Å²) in [5, 5.41) is 7.47. The highest BCUT2D eigenvalue weighted by molar-refractivity contribution is 6.31. The van der Waals surface area contributed by atoms with Gasteiger partial charge >= 0.3 is 0 Å². The molecule has 1 rings (SSSR count). The van der Waals surface area contributed by atoms with E-state index in [9.17, 15) is 0 Å². The lowest BCUT2D eigenvalue weighted by Gasteiger charge is -2.15. The number of nitrogens with one attached hydrogen (secondary N) is 2. The van der Waals surface area contributed by atoms with E-state index in [0.717, 1.165) is 23.1 Å². The second-order valence-electron chi connectivity index (χ2n) is 5.22. The van der Waals surface area contributed by atoms with Crippen molar-refractivity contribution in [1.29, 1.82) is 0 Å². The van der Waals surface area contributed by atoms with Gasteiger partial charge in [-0.05, 0) is 18.1 Å². The van der Waals surface area contributed by atoms with E-state index in [2.05, 4.69) is 43.3 Å². The summed E-state index contributed by atoms with van der Waals surface area (Å²) in [4.78, 5) is 4.58. The predicted octanol–water partition coefficient (Wildman–Crippen LogP) is 4.08. The lowest BCUT2D eigenvalue weighted by molar-refractivity contribution is 0.518. The normalized spacial score (nSPS) is 11.3. The van der Waals surface area contributed by atoms with Gasteiger partial charge in [0.1, 0.15) is 5.82 Å². The van der Waals surface area contributed by atoms with E-state index in [1.54, 1.807) is 0 Å². The van der Waals surface area contributed by atoms with E-state index < -0.39 is 0 Å². The fourth-order valence-electron chi connectivity index (χ4n) is 1.83. The molecule has 0 aromatic carbocycles. The number of pyridine rings is 1. The predicted molar refractivity (Wildman–Crippen MR) is 83.8 cm³/mol. The van der Waals surface area contributed by atoms with Crippen molar-refractivity contribution in [2.75, 3.05) is 11.9 Å². The maximum atomic E-state index is 6.17. The minimum Gasteiger partial charge on any atom is -0.370 e. The molecule has 1 aromatic heterocycles. The molecule has 0 amide bonds. The van der Waals surface area contributed by atoms with Crippen LogP contribution in [0.15, 0.2) is 12.1 Å². The van der Waals surface area contributed by atoms with Crippen molar-refractivity contribution in [3.05, 3.63) is 22.8 Å². The molecule has 3 nitrogen and oxygen atoms in total. The maximum absolute atomic E-state index is 6.17. The van der Waals surface area contributed by atoms with E-state index in [-0.39, 0.29) is 0 Å². The Hall–Kier alpha value is -0.800. The zero-order valence-corrected chi connectivity index (χ0v) is 13.2. The zero-order valence-electron chi connectivity index (χ0n) is 12.5. The first-order chi connectivity index (χ1) is 9.06. The molecule has 0 radical (unpaired) electrons. The molecule has 0 bridgehead atoms. The van der Waals surface area contributed by atoms with E-state index in [0.29, 0.717) is 18.5 Å². The minimum atomic E-state index is 0.430. The van der Waals surface area contributed by atoms with E-state index in [4.69, 9.17) is 11.6 Å². The van der Waals surface area contributed by atoms with Crippen LogP contribution in [0.25, 0.3) is 0 Å². The van der Waals surface area contributed by atoms with Crippen LogP contribution in [-0.2, 0) is 6.54 Å². The summed E-state index contributed by atoms with van der Waals surface area (Å²) in [5.74, 6) is 1.62. The Labute approximate surface area is 122 Å². The van der Waals surface area contributed by atoms with Gasteiger partial charge < -0.3 is 10.6 Å². The van der Waals surface area contributed by atoms with Gasteiger partial charge in [-0.1, -0.05) is 52.1 Å². The highest BCUT2D eigenvalue weighted by Gasteiger charge is 2.07. The van der Waals surface area contributed by atoms with Crippen molar-refractivity contribution in [3.63, 3.8) is 0 Å². The van der Waals surface area contributed by atoms with E-state index in [1.807, 2.05) is 12.1 Å². The third-order valence-electron chi connectivity index (χ3n) is 3.32. The summed E-state index contributed by atoms with van der Waals surface area (Å²) >= 11 is 6.17. The Morgan fingerprint density at radius 2 is 1.89 bits per heavy atom. The zero-order chi connectivity index (χ0) is 14.3. The number of aromatic nitrogens is 1. The summed E-state index contributed by atoms with van der Waals surface area (Å²) in [7, 11) is 0. The first-order valence-electron chi connectivity index (χ1n) is 7.19. The van der Waals surface area contributed by atoms with Crippen LogP contribution >= 0.6 is 11.6 Å². The van der Waals surface area contributed by atoms with Crippen molar-refractivity contribution < 1.29 is 0 Å². The molecule has 19 heavy (non-hydrogen) atoms. The Morgan fingerprint density at radius 1 is 1.21 bits per heavy atom. The number of hydrogen-bond acceptors (Lipinski definition) is 3. The molecule has 108 valence electrons. The van der Waals surface area contributed by atoms with Crippen LogP contribution in [0.3, 0.4) is 0 Å². The molecule has 0 aliphatic carbocycles. The fraction of sp³-hybridized carbons (Fsp3) is 0.667. The van der Waals surface area contributed by atoms with Crippen molar-refractivity contribution >= 4 is 17.4 Å². The first kappa shape index (κ1) is 16.3. The van der Waals surface area contributed by atoms with Crippen molar-refractivity contribution in [2.45, 2.75) is 53.1 Å². The van der Waals surface area contributed by atoms with Gasteiger partial charge in [0.05, 0.1) is 10.7 Å². The van der Waals surface area contributed by atoms with Crippen molar-refractivity contribution in [3.8, 4) is 0 Å². The van der Waals surface area contributed by atoms with Crippen molar-refractivity contribution in [1.82, 2.24) is 10.3 Å². The second kappa shape index (κ2) is 8.39. The molecule has 2 N–H and O–H groups in total. The quantitative estimate of drug-likeness (QED) is 0.755. The second-order valence-corrected chi connectivity index (χ2v) is 5.63. The Balaban J connectivity index is 2.62. The molecule has 1 aromatic rings. The van der Waals surface area contributed by atoms with Crippen LogP contribution < -0.4 is 10.6 Å². The van der Waals surface area contributed by atoms with Gasteiger partial charge in [0.25, 0.3) is 0 Å². The number of nitrogens with zero attached hydrogens (tertiary/aromatic N) is 1. The number of hydrogen-bond donors (Lipinski definition) is 2. The lowest BCUT2D eigenvalue weighted by atomic mass is 10.0. The van der Waals surface area contributed by atoms with Crippen LogP contribution in [-0.4, -0.2) is 17.6 Å². The van der Waals surface area contributed by atoms with Crippen LogP contribution in [0.5, 0.6) is 0 Å². The standard InChI is InChI=1S/C15H26ClN3/c1-5-12(6-2)9-18-15-8-7-13(16)14(19-15)10-17-11(3)4/h7-8,11-12,17H,5-6,9-10H2,1-4H3,(H,18,19). The molecular formula is C15H26ClN3. The molecule has 4 heteroatoms. The van der Waals surface area contributed by atoms with E-state index >= 15 is 0 Å². The summed E-state index contributed by atoms with van der Waals surface area (Å²) in [6.07, 6.45) is 2.39. The third-order valence-corrected chi connectivity index (χ3v) is 3.67. The fourth-order valence-corrected chi connectivity index (χ4v) is 2.01. The van der Waals surface area contributed by atoms with Gasteiger partial charge in [-0.2, -0.15) is 0 Å². The van der Waals surface area contributed by atoms with Gasteiger partial charge in [-0.15, -0.1) is 0 Å². The Morgan fingerprint density at radius 3 is 2.47 bits per heavy atom. The molecule has 0 saturated heterocycles. The van der Waals surface area contributed by atoms with Gasteiger partial charge in [0, 0.05) is 19.1 Å². The van der Waals surface area contributed by atoms with Crippen LogP contribution in [0.4, 0.5) is 5.82 Å². The van der Waals surface area contributed by atoms with Gasteiger partial charge in [0.2, 0.25) is 0 Å². The number of halogens is 1. The average molecular weight is 284 g/mol. The SMILES string of the molecule is CCC(CC)CNc1ccc(Cl)c(CNC(C)C)n1. The smallest absolute Gasteiger partial charge is 0.126 e. The highest BCUT2D eigenvalue weighted by atomic mass is 35.5. The molecule has 0 aliphatic heterocycles. The third kappa shape index (κ3) is 5.79. The molecule has 0 aliphatic rings. The average Bonchev–Trinajstić information content (AvgIpc) is 2.40. The van der Waals surface area contributed by atoms with E-state index in [1.165, 1.54) is 12.8 Å². The summed E-state index contributed by atoms with van der Waals surface area (Å²) in [6.45, 7) is 10.4. The molecule has 0 fully saturated rings. The Kier molecular flexibility index (Phi) is 7.17. The monoisotopic (exact) mass is 283 g/mol. The summed E-state index contributed by atoms with van der Waals surface area (Å²) in [6, 6.07) is 4.30. The van der Waals surface area contributed by atoms with Gasteiger partial charge in [-0.3, -0.25) is 0 Å². The number of rotatable bonds is 8. The van der Waals surface area contributed by atoms with Crippen molar-refractivity contribution in [2.24, 2.45) is 5.92 Å².